The number of fused-ring (bicyclic) bond motifs is 1. The van der Waals surface area contributed by atoms with Crippen molar-refractivity contribution >= 4 is 56.2 Å². The van der Waals surface area contributed by atoms with Crippen LogP contribution in [-0.2, 0) is 21.5 Å². The van der Waals surface area contributed by atoms with Gasteiger partial charge >= 0.3 is 5.97 Å². The van der Waals surface area contributed by atoms with Gasteiger partial charge in [0.1, 0.15) is 4.88 Å². The van der Waals surface area contributed by atoms with Crippen LogP contribution in [0.3, 0.4) is 0 Å². The number of nitrogens with zero attached hydrogens (tertiary/aromatic N) is 1. The number of halogens is 1. The monoisotopic (exact) mass is 399 g/mol. The normalized spacial score (nSPS) is 16.0. The second-order valence-corrected chi connectivity index (χ2v) is 8.93. The standard InChI is InChI=1S/C15H14BrNO3S2/c1-15(2)12-9(5-10(22-12)13(18)20-3)17(14(15)19)6-8-4-11(16)21-7-8/h4-5,7H,6H2,1-3H3. The molecule has 0 atom stereocenters. The van der Waals surface area contributed by atoms with Crippen LogP contribution >= 0.6 is 38.6 Å². The summed E-state index contributed by atoms with van der Waals surface area (Å²) in [4.78, 5) is 27.7. The average Bonchev–Trinajstić information content (AvgIpc) is 3.13. The molecule has 22 heavy (non-hydrogen) atoms. The molecular weight excluding hydrogens is 386 g/mol. The molecule has 0 N–H and O–H groups in total. The van der Waals surface area contributed by atoms with E-state index in [0.29, 0.717) is 11.4 Å². The largest absolute Gasteiger partial charge is 0.465 e. The third-order valence-corrected chi connectivity index (χ3v) is 6.68. The number of hydrogen-bond acceptors (Lipinski definition) is 5. The summed E-state index contributed by atoms with van der Waals surface area (Å²) in [6, 6.07) is 3.77. The van der Waals surface area contributed by atoms with Crippen molar-refractivity contribution in [2.45, 2.75) is 25.8 Å². The number of anilines is 1. The van der Waals surface area contributed by atoms with Crippen molar-refractivity contribution < 1.29 is 14.3 Å². The predicted molar refractivity (Wildman–Crippen MR) is 91.9 cm³/mol. The fraction of sp³-hybridized carbons (Fsp3) is 0.333. The number of hydrogen-bond donors (Lipinski definition) is 0. The van der Waals surface area contributed by atoms with Crippen LogP contribution in [0.1, 0.15) is 34.0 Å². The molecule has 1 amide bonds. The fourth-order valence-corrected chi connectivity index (χ4v) is 4.92. The molecule has 0 unspecified atom stereocenters. The van der Waals surface area contributed by atoms with Crippen LogP contribution < -0.4 is 4.90 Å². The molecule has 4 nitrogen and oxygen atoms in total. The maximum Gasteiger partial charge on any atom is 0.348 e. The van der Waals surface area contributed by atoms with Gasteiger partial charge in [-0.25, -0.2) is 4.79 Å². The zero-order valence-corrected chi connectivity index (χ0v) is 15.5. The number of carbonyl (C=O) groups is 2. The van der Waals surface area contributed by atoms with E-state index in [1.807, 2.05) is 25.3 Å². The van der Waals surface area contributed by atoms with E-state index in [9.17, 15) is 9.59 Å². The molecule has 3 rings (SSSR count). The molecule has 0 fully saturated rings. The SMILES string of the molecule is COC(=O)c1cc2c(s1)C(C)(C)C(=O)N2Cc1csc(Br)c1. The molecule has 2 aromatic rings. The Balaban J connectivity index is 2.00. The third-order valence-electron chi connectivity index (χ3n) is 3.70. The van der Waals surface area contributed by atoms with Gasteiger partial charge in [0.25, 0.3) is 0 Å². The lowest BCUT2D eigenvalue weighted by atomic mass is 9.93. The summed E-state index contributed by atoms with van der Waals surface area (Å²) in [6.45, 7) is 4.30. The fourth-order valence-electron chi connectivity index (χ4n) is 2.54. The molecule has 0 aromatic carbocycles. The van der Waals surface area contributed by atoms with Crippen molar-refractivity contribution in [3.05, 3.63) is 36.6 Å². The highest BCUT2D eigenvalue weighted by molar-refractivity contribution is 9.11. The molecule has 116 valence electrons. The highest BCUT2D eigenvalue weighted by atomic mass is 79.9. The molecule has 1 aliphatic rings. The van der Waals surface area contributed by atoms with Crippen molar-refractivity contribution in [3.8, 4) is 0 Å². The van der Waals surface area contributed by atoms with E-state index < -0.39 is 5.41 Å². The maximum atomic E-state index is 12.7. The van der Waals surface area contributed by atoms with Crippen LogP contribution in [0.25, 0.3) is 0 Å². The Morgan fingerprint density at radius 2 is 2.14 bits per heavy atom. The highest BCUT2D eigenvalue weighted by Crippen LogP contribution is 2.47. The van der Waals surface area contributed by atoms with Crippen molar-refractivity contribution in [2.75, 3.05) is 12.0 Å². The Hall–Kier alpha value is -1.18. The first-order valence-electron chi connectivity index (χ1n) is 6.62. The van der Waals surface area contributed by atoms with Gasteiger partial charge in [0.15, 0.2) is 0 Å². The number of esters is 1. The Morgan fingerprint density at radius 3 is 2.73 bits per heavy atom. The molecule has 0 aliphatic carbocycles. The number of methoxy groups -OCH3 is 1. The van der Waals surface area contributed by atoms with Gasteiger partial charge in [-0.1, -0.05) is 0 Å². The van der Waals surface area contributed by atoms with Crippen molar-refractivity contribution in [3.63, 3.8) is 0 Å². The number of amides is 1. The predicted octanol–water partition coefficient (Wildman–Crippen LogP) is 4.18. The van der Waals surface area contributed by atoms with E-state index in [2.05, 4.69) is 15.9 Å². The van der Waals surface area contributed by atoms with Gasteiger partial charge in [0, 0.05) is 4.88 Å². The van der Waals surface area contributed by atoms with Crippen LogP contribution in [0.5, 0.6) is 0 Å². The van der Waals surface area contributed by atoms with Crippen molar-refractivity contribution in [1.82, 2.24) is 0 Å². The Kier molecular flexibility index (Phi) is 3.91. The van der Waals surface area contributed by atoms with Crippen LogP contribution in [0.4, 0.5) is 5.69 Å². The average molecular weight is 400 g/mol. The molecule has 0 spiro atoms. The number of thiophene rings is 2. The number of ether oxygens (including phenoxy) is 1. The molecule has 0 saturated carbocycles. The first-order valence-corrected chi connectivity index (χ1v) is 9.11. The first-order chi connectivity index (χ1) is 10.3. The summed E-state index contributed by atoms with van der Waals surface area (Å²) in [6.07, 6.45) is 0. The van der Waals surface area contributed by atoms with Crippen LogP contribution in [0.15, 0.2) is 21.3 Å². The van der Waals surface area contributed by atoms with Gasteiger partial charge in [0.2, 0.25) is 5.91 Å². The third kappa shape index (κ3) is 2.41. The topological polar surface area (TPSA) is 46.6 Å². The zero-order chi connectivity index (χ0) is 16.1. The number of carbonyl (C=O) groups excluding carboxylic acids is 2. The second kappa shape index (κ2) is 5.47. The molecule has 0 bridgehead atoms. The van der Waals surface area contributed by atoms with Crippen LogP contribution in [0, 0.1) is 0 Å². The molecule has 2 aromatic heterocycles. The highest BCUT2D eigenvalue weighted by Gasteiger charge is 2.46. The van der Waals surface area contributed by atoms with Gasteiger partial charge in [-0.05, 0) is 52.9 Å². The van der Waals surface area contributed by atoms with E-state index >= 15 is 0 Å². The molecule has 0 radical (unpaired) electrons. The Bertz CT molecular complexity index is 763. The van der Waals surface area contributed by atoms with Gasteiger partial charge in [-0.2, -0.15) is 0 Å². The van der Waals surface area contributed by atoms with E-state index in [1.54, 1.807) is 22.3 Å². The summed E-state index contributed by atoms with van der Waals surface area (Å²) in [5.74, 6) is -0.298. The van der Waals surface area contributed by atoms with E-state index in [0.717, 1.165) is 19.9 Å². The van der Waals surface area contributed by atoms with Crippen molar-refractivity contribution in [1.29, 1.82) is 0 Å². The lowest BCUT2D eigenvalue weighted by molar-refractivity contribution is -0.122. The Labute approximate surface area is 144 Å². The summed E-state index contributed by atoms with van der Waals surface area (Å²) < 4.78 is 5.82. The molecule has 7 heteroatoms. The molecule has 0 saturated heterocycles. The van der Waals surface area contributed by atoms with Crippen LogP contribution in [0.2, 0.25) is 0 Å². The summed E-state index contributed by atoms with van der Waals surface area (Å²) in [7, 11) is 1.37. The lowest BCUT2D eigenvalue weighted by Crippen LogP contribution is -2.35. The smallest absolute Gasteiger partial charge is 0.348 e. The summed E-state index contributed by atoms with van der Waals surface area (Å²) in [5, 5.41) is 2.02. The minimum Gasteiger partial charge on any atom is -0.465 e. The molecule has 3 heterocycles. The first kappa shape index (κ1) is 15.7. The molecular formula is C15H14BrNO3S2. The zero-order valence-electron chi connectivity index (χ0n) is 12.3. The Morgan fingerprint density at radius 1 is 1.41 bits per heavy atom. The van der Waals surface area contributed by atoms with Crippen molar-refractivity contribution in [2.24, 2.45) is 0 Å². The van der Waals surface area contributed by atoms with E-state index in [-0.39, 0.29) is 11.9 Å². The van der Waals surface area contributed by atoms with Gasteiger partial charge in [-0.15, -0.1) is 22.7 Å². The van der Waals surface area contributed by atoms with E-state index in [4.69, 9.17) is 4.74 Å². The minimum absolute atomic E-state index is 0.0625. The van der Waals surface area contributed by atoms with Gasteiger partial charge in [-0.3, -0.25) is 4.79 Å². The molecule has 1 aliphatic heterocycles. The van der Waals surface area contributed by atoms with Gasteiger partial charge in [0.05, 0.1) is 28.5 Å². The lowest BCUT2D eigenvalue weighted by Gasteiger charge is -2.20. The van der Waals surface area contributed by atoms with Crippen LogP contribution in [-0.4, -0.2) is 19.0 Å². The minimum atomic E-state index is -0.612. The van der Waals surface area contributed by atoms with Gasteiger partial charge < -0.3 is 9.64 Å². The maximum absolute atomic E-state index is 12.7. The quantitative estimate of drug-likeness (QED) is 0.727. The van der Waals surface area contributed by atoms with E-state index in [1.165, 1.54) is 18.4 Å². The summed E-state index contributed by atoms with van der Waals surface area (Å²) >= 11 is 6.37. The second-order valence-electron chi connectivity index (χ2n) is 5.59. The summed E-state index contributed by atoms with van der Waals surface area (Å²) in [5.41, 5.74) is 1.28. The number of rotatable bonds is 3.